The van der Waals surface area contributed by atoms with Crippen molar-refractivity contribution in [3.63, 3.8) is 0 Å². The summed E-state index contributed by atoms with van der Waals surface area (Å²) in [4.78, 5) is 18.1. The molecule has 0 aliphatic rings. The molecule has 0 aliphatic heterocycles. The standard InChI is InChI=1S/C55H47BN4/c1-36-31-38(3)51(39(4)32-36)56(52-40(5)33-37(2)34-41(52)6)46-26-18-27-47(35-46)60(49-30-29-42-19-16-17-28-48(42)50(49)43-20-10-7-11-21-43)55-58-53(44-22-12-8-13-23-44)57-54(59-55)45-24-14-9-15-25-45/h7-35H,1-6H3. The van der Waals surface area contributed by atoms with Gasteiger partial charge < -0.3 is 0 Å². The molecule has 0 bridgehead atoms. The Bertz CT molecular complexity index is 2840. The highest BCUT2D eigenvalue weighted by atomic mass is 15.3. The first-order valence-corrected chi connectivity index (χ1v) is 20.7. The molecular formula is C55H47BN4. The first kappa shape index (κ1) is 38.4. The highest BCUT2D eigenvalue weighted by molar-refractivity contribution is 6.96. The van der Waals surface area contributed by atoms with E-state index in [1.165, 1.54) is 49.8 Å². The van der Waals surface area contributed by atoms with Crippen LogP contribution in [-0.4, -0.2) is 21.7 Å². The summed E-state index contributed by atoms with van der Waals surface area (Å²) < 4.78 is 0. The lowest BCUT2D eigenvalue weighted by Gasteiger charge is -2.29. The predicted molar refractivity (Wildman–Crippen MR) is 254 cm³/mol. The molecule has 0 amide bonds. The molecule has 1 heterocycles. The lowest BCUT2D eigenvalue weighted by Crippen LogP contribution is -2.55. The van der Waals surface area contributed by atoms with Crippen molar-refractivity contribution in [1.82, 2.24) is 15.0 Å². The largest absolute Gasteiger partial charge is 0.278 e. The maximum atomic E-state index is 5.37. The second kappa shape index (κ2) is 16.3. The van der Waals surface area contributed by atoms with E-state index in [9.17, 15) is 0 Å². The smallest absolute Gasteiger partial charge is 0.242 e. The molecule has 0 radical (unpaired) electrons. The summed E-state index contributed by atoms with van der Waals surface area (Å²) in [6.45, 7) is 13.4. The molecule has 0 spiro atoms. The van der Waals surface area contributed by atoms with Gasteiger partial charge >= 0.3 is 0 Å². The van der Waals surface area contributed by atoms with Gasteiger partial charge in [0.15, 0.2) is 11.6 Å². The molecule has 9 rings (SSSR count). The Kier molecular flexibility index (Phi) is 10.4. The topological polar surface area (TPSA) is 41.9 Å². The van der Waals surface area contributed by atoms with Gasteiger partial charge in [-0.2, -0.15) is 9.97 Å². The van der Waals surface area contributed by atoms with Crippen molar-refractivity contribution >= 4 is 51.2 Å². The summed E-state index contributed by atoms with van der Waals surface area (Å²) in [5.41, 5.74) is 17.6. The van der Waals surface area contributed by atoms with E-state index >= 15 is 0 Å². The van der Waals surface area contributed by atoms with Crippen LogP contribution in [0.3, 0.4) is 0 Å². The third-order valence-corrected chi connectivity index (χ3v) is 11.6. The maximum absolute atomic E-state index is 5.37. The van der Waals surface area contributed by atoms with E-state index in [0.717, 1.165) is 44.4 Å². The minimum Gasteiger partial charge on any atom is -0.278 e. The minimum atomic E-state index is -0.0173. The highest BCUT2D eigenvalue weighted by Gasteiger charge is 2.30. The van der Waals surface area contributed by atoms with E-state index < -0.39 is 0 Å². The first-order chi connectivity index (χ1) is 29.2. The van der Waals surface area contributed by atoms with E-state index in [4.69, 9.17) is 15.0 Å². The van der Waals surface area contributed by atoms with Gasteiger partial charge in [0.25, 0.3) is 0 Å². The molecule has 0 aliphatic carbocycles. The Morgan fingerprint density at radius 1 is 0.417 bits per heavy atom. The maximum Gasteiger partial charge on any atom is 0.242 e. The summed E-state index contributed by atoms with van der Waals surface area (Å²) in [5, 5.41) is 2.31. The Morgan fingerprint density at radius 3 is 1.43 bits per heavy atom. The van der Waals surface area contributed by atoms with Crippen molar-refractivity contribution in [3.05, 3.63) is 209 Å². The van der Waals surface area contributed by atoms with Gasteiger partial charge in [0.1, 0.15) is 0 Å². The lowest BCUT2D eigenvalue weighted by molar-refractivity contribution is 1.02. The Labute approximate surface area is 354 Å². The van der Waals surface area contributed by atoms with Crippen molar-refractivity contribution in [2.75, 3.05) is 4.90 Å². The van der Waals surface area contributed by atoms with Crippen LogP contribution in [0, 0.1) is 41.5 Å². The molecule has 4 nitrogen and oxygen atoms in total. The molecule has 0 atom stereocenters. The average Bonchev–Trinajstić information content (AvgIpc) is 3.26. The zero-order valence-electron chi connectivity index (χ0n) is 35.1. The second-order valence-electron chi connectivity index (χ2n) is 16.0. The van der Waals surface area contributed by atoms with Crippen LogP contribution in [0.15, 0.2) is 176 Å². The fraction of sp³-hybridized carbons (Fsp3) is 0.109. The number of fused-ring (bicyclic) bond motifs is 1. The summed E-state index contributed by atoms with van der Waals surface area (Å²) >= 11 is 0. The Morgan fingerprint density at radius 2 is 0.900 bits per heavy atom. The van der Waals surface area contributed by atoms with Gasteiger partial charge in [-0.05, 0) is 76.1 Å². The van der Waals surface area contributed by atoms with Crippen LogP contribution in [0.1, 0.15) is 33.4 Å². The fourth-order valence-electron chi connectivity index (χ4n) is 9.23. The fourth-order valence-corrected chi connectivity index (χ4v) is 9.23. The van der Waals surface area contributed by atoms with Gasteiger partial charge in [-0.1, -0.05) is 207 Å². The first-order valence-electron chi connectivity index (χ1n) is 20.7. The van der Waals surface area contributed by atoms with E-state index in [0.29, 0.717) is 17.6 Å². The van der Waals surface area contributed by atoms with E-state index in [1.54, 1.807) is 0 Å². The van der Waals surface area contributed by atoms with Gasteiger partial charge in [0.2, 0.25) is 12.7 Å². The third-order valence-electron chi connectivity index (χ3n) is 11.6. The van der Waals surface area contributed by atoms with Gasteiger partial charge in [0, 0.05) is 22.4 Å². The van der Waals surface area contributed by atoms with E-state index in [2.05, 4.69) is 186 Å². The zero-order chi connectivity index (χ0) is 41.3. The molecule has 0 N–H and O–H groups in total. The second-order valence-corrected chi connectivity index (χ2v) is 16.0. The molecular weight excluding hydrogens is 727 g/mol. The van der Waals surface area contributed by atoms with Crippen LogP contribution >= 0.6 is 0 Å². The van der Waals surface area contributed by atoms with Crippen LogP contribution in [0.25, 0.3) is 44.7 Å². The number of benzene rings is 8. The van der Waals surface area contributed by atoms with E-state index in [1.807, 2.05) is 36.4 Å². The summed E-state index contributed by atoms with van der Waals surface area (Å²) in [6.07, 6.45) is 0. The van der Waals surface area contributed by atoms with E-state index in [-0.39, 0.29) is 6.71 Å². The number of anilines is 3. The molecule has 0 fully saturated rings. The average molecular weight is 775 g/mol. The van der Waals surface area contributed by atoms with Crippen molar-refractivity contribution in [3.8, 4) is 33.9 Å². The SMILES string of the molecule is Cc1cc(C)c(B(c2cccc(N(c3nc(-c4ccccc4)nc(-c4ccccc4)n3)c3ccc4ccccc4c3-c3ccccc3)c2)c2c(C)cc(C)cc2C)c(C)c1. The number of nitrogens with zero attached hydrogens (tertiary/aromatic N) is 4. The third kappa shape index (κ3) is 7.40. The van der Waals surface area contributed by atoms with Crippen molar-refractivity contribution in [2.24, 2.45) is 0 Å². The quantitative estimate of drug-likeness (QED) is 0.137. The summed E-state index contributed by atoms with van der Waals surface area (Å²) in [5.74, 6) is 1.75. The van der Waals surface area contributed by atoms with Gasteiger partial charge in [-0.15, -0.1) is 0 Å². The normalized spacial score (nSPS) is 11.2. The molecule has 0 saturated carbocycles. The highest BCUT2D eigenvalue weighted by Crippen LogP contribution is 2.43. The van der Waals surface area contributed by atoms with Crippen LogP contribution in [0.2, 0.25) is 0 Å². The number of rotatable bonds is 9. The lowest BCUT2D eigenvalue weighted by atomic mass is 9.34. The number of aryl methyl sites for hydroxylation is 6. The Hall–Kier alpha value is -7.11. The molecule has 60 heavy (non-hydrogen) atoms. The Balaban J connectivity index is 1.37. The predicted octanol–water partition coefficient (Wildman–Crippen LogP) is 11.9. The van der Waals surface area contributed by atoms with Gasteiger partial charge in [-0.3, -0.25) is 4.90 Å². The van der Waals surface area contributed by atoms with Crippen molar-refractivity contribution in [2.45, 2.75) is 41.5 Å². The summed E-state index contributed by atoms with van der Waals surface area (Å²) in [7, 11) is 0. The van der Waals surface area contributed by atoms with Crippen molar-refractivity contribution in [1.29, 1.82) is 0 Å². The molecule has 0 saturated heterocycles. The minimum absolute atomic E-state index is 0.0173. The zero-order valence-corrected chi connectivity index (χ0v) is 35.1. The molecule has 1 aromatic heterocycles. The van der Waals surface area contributed by atoms with Crippen LogP contribution < -0.4 is 21.3 Å². The van der Waals surface area contributed by atoms with Gasteiger partial charge in [-0.25, -0.2) is 4.98 Å². The molecule has 5 heteroatoms. The van der Waals surface area contributed by atoms with Crippen molar-refractivity contribution < 1.29 is 0 Å². The molecule has 290 valence electrons. The molecule has 9 aromatic rings. The van der Waals surface area contributed by atoms with Crippen LogP contribution in [0.5, 0.6) is 0 Å². The van der Waals surface area contributed by atoms with Crippen LogP contribution in [-0.2, 0) is 0 Å². The van der Waals surface area contributed by atoms with Gasteiger partial charge in [0.05, 0.1) is 5.69 Å². The number of hydrogen-bond donors (Lipinski definition) is 0. The summed E-state index contributed by atoms with van der Waals surface area (Å²) in [6, 6.07) is 62.5. The molecule has 8 aromatic carbocycles. The monoisotopic (exact) mass is 774 g/mol. The number of aromatic nitrogens is 3. The number of hydrogen-bond acceptors (Lipinski definition) is 4. The molecule has 0 unspecified atom stereocenters. The van der Waals surface area contributed by atoms with Crippen LogP contribution in [0.4, 0.5) is 17.3 Å².